The van der Waals surface area contributed by atoms with Crippen LogP contribution in [0.5, 0.6) is 0 Å². The Hall–Kier alpha value is -3.94. The smallest absolute Gasteiger partial charge is 0.255 e. The maximum atomic E-state index is 12.3. The number of aromatic nitrogens is 2. The molecule has 8 nitrogen and oxygen atoms in total. The first-order valence-electron chi connectivity index (χ1n) is 11.6. The summed E-state index contributed by atoms with van der Waals surface area (Å²) >= 11 is 0. The number of nitrogens with zero attached hydrogens (tertiary/aromatic N) is 3. The van der Waals surface area contributed by atoms with Gasteiger partial charge < -0.3 is 20.9 Å². The zero-order valence-electron chi connectivity index (χ0n) is 19.2. The largest absolute Gasteiger partial charge is 0.356 e. The zero-order chi connectivity index (χ0) is 23.5. The molecule has 2 aliphatic heterocycles. The van der Waals surface area contributed by atoms with Gasteiger partial charge in [0.2, 0.25) is 11.9 Å². The molecule has 2 saturated heterocycles. The van der Waals surface area contributed by atoms with Gasteiger partial charge in [-0.2, -0.15) is 4.98 Å². The molecule has 174 valence electrons. The highest BCUT2D eigenvalue weighted by molar-refractivity contribution is 6.04. The summed E-state index contributed by atoms with van der Waals surface area (Å²) in [6.07, 6.45) is 4.45. The number of hydrogen-bond acceptors (Lipinski definition) is 6. The number of rotatable bonds is 5. The third-order valence-electron chi connectivity index (χ3n) is 6.77. The van der Waals surface area contributed by atoms with E-state index in [9.17, 15) is 9.59 Å². The van der Waals surface area contributed by atoms with Gasteiger partial charge in [0.1, 0.15) is 5.82 Å². The quantitative estimate of drug-likeness (QED) is 0.539. The summed E-state index contributed by atoms with van der Waals surface area (Å²) in [7, 11) is 0. The van der Waals surface area contributed by atoms with E-state index in [0.717, 1.165) is 56.0 Å². The molecule has 0 atom stereocenters. The number of carbonyl (C=O) groups excluding carboxylic acids is 2. The molecule has 5 rings (SSSR count). The zero-order valence-corrected chi connectivity index (χ0v) is 19.2. The van der Waals surface area contributed by atoms with Crippen molar-refractivity contribution < 1.29 is 9.59 Å². The highest BCUT2D eigenvalue weighted by Crippen LogP contribution is 2.39. The Kier molecular flexibility index (Phi) is 5.88. The standard InChI is InChI=1S/C26H28N6O2/c1-18-17-28-25(31-22(18)32-15-12-26(13-16-32)11-14-27-24(26)34)30-21-9-7-20(8-10-21)29-23(33)19-5-3-2-4-6-19/h2-10,17H,11-16H2,1H3,(H,27,34)(H,29,33)(H,28,30,31). The Morgan fingerprint density at radius 1 is 1.00 bits per heavy atom. The minimum absolute atomic E-state index is 0.147. The number of aryl methyl sites for hydroxylation is 1. The molecule has 3 heterocycles. The molecule has 2 aromatic carbocycles. The molecule has 2 fully saturated rings. The molecular formula is C26H28N6O2. The van der Waals surface area contributed by atoms with Crippen LogP contribution in [-0.4, -0.2) is 41.4 Å². The van der Waals surface area contributed by atoms with Gasteiger partial charge in [-0.1, -0.05) is 18.2 Å². The van der Waals surface area contributed by atoms with E-state index < -0.39 is 0 Å². The van der Waals surface area contributed by atoms with Crippen LogP contribution in [0.15, 0.2) is 60.8 Å². The third-order valence-corrected chi connectivity index (χ3v) is 6.77. The molecule has 3 aromatic rings. The van der Waals surface area contributed by atoms with E-state index in [-0.39, 0.29) is 17.2 Å². The molecule has 2 amide bonds. The van der Waals surface area contributed by atoms with Crippen molar-refractivity contribution in [2.45, 2.75) is 26.2 Å². The third kappa shape index (κ3) is 4.44. The van der Waals surface area contributed by atoms with Crippen molar-refractivity contribution >= 4 is 35.0 Å². The lowest BCUT2D eigenvalue weighted by Gasteiger charge is -2.38. The monoisotopic (exact) mass is 456 g/mol. The van der Waals surface area contributed by atoms with Crippen molar-refractivity contribution in [3.8, 4) is 0 Å². The SMILES string of the molecule is Cc1cnc(Nc2ccc(NC(=O)c3ccccc3)cc2)nc1N1CCC2(CCNC2=O)CC1. The van der Waals surface area contributed by atoms with Crippen molar-refractivity contribution in [3.05, 3.63) is 71.9 Å². The molecule has 0 saturated carbocycles. The molecule has 34 heavy (non-hydrogen) atoms. The van der Waals surface area contributed by atoms with Crippen molar-refractivity contribution in [2.24, 2.45) is 5.41 Å². The second kappa shape index (κ2) is 9.13. The van der Waals surface area contributed by atoms with E-state index in [1.54, 1.807) is 12.1 Å². The highest BCUT2D eigenvalue weighted by Gasteiger charge is 2.44. The molecule has 2 aliphatic rings. The average Bonchev–Trinajstić information content (AvgIpc) is 3.22. The van der Waals surface area contributed by atoms with E-state index in [4.69, 9.17) is 4.98 Å². The Labute approximate surface area is 198 Å². The molecule has 0 unspecified atom stereocenters. The molecular weight excluding hydrogens is 428 g/mol. The highest BCUT2D eigenvalue weighted by atomic mass is 16.2. The second-order valence-electron chi connectivity index (χ2n) is 9.00. The second-order valence-corrected chi connectivity index (χ2v) is 9.00. The van der Waals surface area contributed by atoms with Gasteiger partial charge >= 0.3 is 0 Å². The molecule has 1 aromatic heterocycles. The normalized spacial score (nSPS) is 16.9. The Bertz CT molecular complexity index is 1190. The van der Waals surface area contributed by atoms with Gasteiger partial charge in [-0.3, -0.25) is 9.59 Å². The fourth-order valence-electron chi connectivity index (χ4n) is 4.71. The molecule has 0 aliphatic carbocycles. The van der Waals surface area contributed by atoms with Crippen molar-refractivity contribution in [2.75, 3.05) is 35.2 Å². The van der Waals surface area contributed by atoms with Crippen LogP contribution < -0.4 is 20.9 Å². The van der Waals surface area contributed by atoms with Crippen LogP contribution in [0.3, 0.4) is 0 Å². The summed E-state index contributed by atoms with van der Waals surface area (Å²) in [6, 6.07) is 16.6. The fourth-order valence-corrected chi connectivity index (χ4v) is 4.71. The lowest BCUT2D eigenvalue weighted by Crippen LogP contribution is -2.44. The van der Waals surface area contributed by atoms with Crippen LogP contribution in [0.1, 0.15) is 35.2 Å². The van der Waals surface area contributed by atoms with E-state index in [1.165, 1.54) is 0 Å². The van der Waals surface area contributed by atoms with Gasteiger partial charge in [0, 0.05) is 48.3 Å². The lowest BCUT2D eigenvalue weighted by atomic mass is 9.77. The Morgan fingerprint density at radius 3 is 2.38 bits per heavy atom. The summed E-state index contributed by atoms with van der Waals surface area (Å²) in [5, 5.41) is 9.14. The van der Waals surface area contributed by atoms with Gasteiger partial charge in [0.15, 0.2) is 0 Å². The van der Waals surface area contributed by atoms with Gasteiger partial charge in [0.25, 0.3) is 5.91 Å². The van der Waals surface area contributed by atoms with E-state index in [1.807, 2.05) is 55.6 Å². The lowest BCUT2D eigenvalue weighted by molar-refractivity contribution is -0.128. The number of piperidine rings is 1. The summed E-state index contributed by atoms with van der Waals surface area (Å²) < 4.78 is 0. The minimum atomic E-state index is -0.198. The number of carbonyl (C=O) groups is 2. The summed E-state index contributed by atoms with van der Waals surface area (Å²) in [5.41, 5.74) is 2.96. The maximum absolute atomic E-state index is 12.3. The molecule has 8 heteroatoms. The number of benzene rings is 2. The number of anilines is 4. The van der Waals surface area contributed by atoms with Crippen LogP contribution in [0, 0.1) is 12.3 Å². The van der Waals surface area contributed by atoms with Crippen LogP contribution >= 0.6 is 0 Å². The van der Waals surface area contributed by atoms with Gasteiger partial charge in [0.05, 0.1) is 5.41 Å². The average molecular weight is 457 g/mol. The molecule has 0 radical (unpaired) electrons. The van der Waals surface area contributed by atoms with Crippen LogP contribution in [0.2, 0.25) is 0 Å². The van der Waals surface area contributed by atoms with Gasteiger partial charge in [-0.15, -0.1) is 0 Å². The summed E-state index contributed by atoms with van der Waals surface area (Å²) in [6.45, 7) is 4.41. The first-order chi connectivity index (χ1) is 16.5. The Balaban J connectivity index is 1.23. The summed E-state index contributed by atoms with van der Waals surface area (Å²) in [5.74, 6) is 1.47. The first kappa shape index (κ1) is 21.9. The van der Waals surface area contributed by atoms with Crippen molar-refractivity contribution in [3.63, 3.8) is 0 Å². The van der Waals surface area contributed by atoms with E-state index in [2.05, 4.69) is 25.8 Å². The number of amides is 2. The fraction of sp³-hybridized carbons (Fsp3) is 0.308. The van der Waals surface area contributed by atoms with Gasteiger partial charge in [-0.25, -0.2) is 4.98 Å². The number of hydrogen-bond donors (Lipinski definition) is 3. The predicted molar refractivity (Wildman–Crippen MR) is 132 cm³/mol. The van der Waals surface area contributed by atoms with Gasteiger partial charge in [-0.05, 0) is 62.6 Å². The predicted octanol–water partition coefficient (Wildman–Crippen LogP) is 3.89. The molecule has 0 bridgehead atoms. The van der Waals surface area contributed by atoms with Crippen molar-refractivity contribution in [1.29, 1.82) is 0 Å². The van der Waals surface area contributed by atoms with Crippen LogP contribution in [0.25, 0.3) is 0 Å². The topological polar surface area (TPSA) is 99.2 Å². The van der Waals surface area contributed by atoms with E-state index >= 15 is 0 Å². The van der Waals surface area contributed by atoms with Crippen LogP contribution in [0.4, 0.5) is 23.1 Å². The van der Waals surface area contributed by atoms with E-state index in [0.29, 0.717) is 17.2 Å². The van der Waals surface area contributed by atoms with Crippen LogP contribution in [-0.2, 0) is 4.79 Å². The molecule has 1 spiro atoms. The summed E-state index contributed by atoms with van der Waals surface area (Å²) in [4.78, 5) is 36.1. The van der Waals surface area contributed by atoms with Crippen molar-refractivity contribution in [1.82, 2.24) is 15.3 Å². The number of nitrogens with one attached hydrogen (secondary N) is 3. The Morgan fingerprint density at radius 2 is 1.71 bits per heavy atom. The first-order valence-corrected chi connectivity index (χ1v) is 11.6. The molecule has 3 N–H and O–H groups in total. The minimum Gasteiger partial charge on any atom is -0.356 e. The maximum Gasteiger partial charge on any atom is 0.255 e.